The Kier molecular flexibility index (Phi) is 4.51. The van der Waals surface area contributed by atoms with E-state index in [0.29, 0.717) is 29.2 Å². The van der Waals surface area contributed by atoms with Crippen molar-refractivity contribution in [3.63, 3.8) is 0 Å². The molecule has 2 rings (SSSR count). The second kappa shape index (κ2) is 6.33. The van der Waals surface area contributed by atoms with Crippen LogP contribution in [0, 0.1) is 0 Å². The Morgan fingerprint density at radius 1 is 1.58 bits per heavy atom. The SMILES string of the molecule is CCOc1ncccc1CNC(=O)c1[nH]ncc1Br. The van der Waals surface area contributed by atoms with Crippen LogP contribution in [0.2, 0.25) is 0 Å². The van der Waals surface area contributed by atoms with E-state index in [-0.39, 0.29) is 5.91 Å². The molecule has 0 radical (unpaired) electrons. The number of carbonyl (C=O) groups excluding carboxylic acids is 1. The number of hydrogen-bond acceptors (Lipinski definition) is 4. The Balaban J connectivity index is 2.03. The van der Waals surface area contributed by atoms with E-state index in [1.807, 2.05) is 13.0 Å². The number of ether oxygens (including phenoxy) is 1. The van der Waals surface area contributed by atoms with E-state index in [1.54, 1.807) is 12.3 Å². The highest BCUT2D eigenvalue weighted by Gasteiger charge is 2.12. The molecule has 0 aliphatic heterocycles. The minimum absolute atomic E-state index is 0.240. The molecule has 0 fully saturated rings. The van der Waals surface area contributed by atoms with Crippen LogP contribution in [-0.4, -0.2) is 27.7 Å². The lowest BCUT2D eigenvalue weighted by Crippen LogP contribution is -2.24. The predicted octanol–water partition coefficient (Wildman–Crippen LogP) is 1.90. The van der Waals surface area contributed by atoms with Gasteiger partial charge in [-0.05, 0) is 28.9 Å². The summed E-state index contributed by atoms with van der Waals surface area (Å²) < 4.78 is 6.02. The van der Waals surface area contributed by atoms with Crippen LogP contribution in [0.5, 0.6) is 5.88 Å². The van der Waals surface area contributed by atoms with Crippen LogP contribution in [0.3, 0.4) is 0 Å². The number of carbonyl (C=O) groups is 1. The van der Waals surface area contributed by atoms with Crippen molar-refractivity contribution in [1.29, 1.82) is 0 Å². The smallest absolute Gasteiger partial charge is 0.270 e. The summed E-state index contributed by atoms with van der Waals surface area (Å²) in [7, 11) is 0. The zero-order valence-electron chi connectivity index (χ0n) is 10.3. The van der Waals surface area contributed by atoms with Gasteiger partial charge in [-0.2, -0.15) is 5.10 Å². The third-order valence-corrected chi connectivity index (χ3v) is 2.99. The van der Waals surface area contributed by atoms with Crippen molar-refractivity contribution in [2.24, 2.45) is 0 Å². The van der Waals surface area contributed by atoms with Gasteiger partial charge >= 0.3 is 0 Å². The molecule has 0 aromatic carbocycles. The summed E-state index contributed by atoms with van der Waals surface area (Å²) in [6.45, 7) is 2.76. The number of nitrogens with one attached hydrogen (secondary N) is 2. The zero-order chi connectivity index (χ0) is 13.7. The molecule has 2 aromatic rings. The largest absolute Gasteiger partial charge is 0.478 e. The molecular formula is C12H13BrN4O2. The molecule has 2 N–H and O–H groups in total. The number of amides is 1. The van der Waals surface area contributed by atoms with E-state index >= 15 is 0 Å². The monoisotopic (exact) mass is 324 g/mol. The number of nitrogens with zero attached hydrogens (tertiary/aromatic N) is 2. The van der Waals surface area contributed by atoms with E-state index in [2.05, 4.69) is 36.4 Å². The molecular weight excluding hydrogens is 312 g/mol. The van der Waals surface area contributed by atoms with Crippen molar-refractivity contribution in [3.8, 4) is 5.88 Å². The molecule has 2 heterocycles. The highest BCUT2D eigenvalue weighted by molar-refractivity contribution is 9.10. The third kappa shape index (κ3) is 3.31. The van der Waals surface area contributed by atoms with Gasteiger partial charge in [-0.25, -0.2) is 4.98 Å². The van der Waals surface area contributed by atoms with Gasteiger partial charge in [0.2, 0.25) is 5.88 Å². The Labute approximate surface area is 118 Å². The molecule has 1 amide bonds. The standard InChI is InChI=1S/C12H13BrN4O2/c1-2-19-12-8(4-3-5-14-12)6-15-11(18)10-9(13)7-16-17-10/h3-5,7H,2,6H2,1H3,(H,15,18)(H,16,17). The third-order valence-electron chi connectivity index (χ3n) is 2.39. The first-order valence-electron chi connectivity index (χ1n) is 5.76. The Morgan fingerprint density at radius 2 is 2.42 bits per heavy atom. The van der Waals surface area contributed by atoms with Gasteiger partial charge in [-0.15, -0.1) is 0 Å². The van der Waals surface area contributed by atoms with Crippen LogP contribution in [0.25, 0.3) is 0 Å². The molecule has 2 aromatic heterocycles. The first kappa shape index (κ1) is 13.5. The van der Waals surface area contributed by atoms with E-state index in [4.69, 9.17) is 4.74 Å². The van der Waals surface area contributed by atoms with Crippen molar-refractivity contribution in [1.82, 2.24) is 20.5 Å². The number of H-pyrrole nitrogens is 1. The number of rotatable bonds is 5. The zero-order valence-corrected chi connectivity index (χ0v) is 11.9. The van der Waals surface area contributed by atoms with Gasteiger partial charge in [0, 0.05) is 18.3 Å². The van der Waals surface area contributed by atoms with Gasteiger partial charge in [-0.3, -0.25) is 9.89 Å². The van der Waals surface area contributed by atoms with Crippen molar-refractivity contribution >= 4 is 21.8 Å². The van der Waals surface area contributed by atoms with Gasteiger partial charge in [-0.1, -0.05) is 6.07 Å². The van der Waals surface area contributed by atoms with Crippen molar-refractivity contribution in [2.45, 2.75) is 13.5 Å². The number of aromatic nitrogens is 3. The highest BCUT2D eigenvalue weighted by atomic mass is 79.9. The summed E-state index contributed by atoms with van der Waals surface area (Å²) >= 11 is 3.24. The van der Waals surface area contributed by atoms with Crippen LogP contribution in [0.15, 0.2) is 29.0 Å². The van der Waals surface area contributed by atoms with Gasteiger partial charge in [0.15, 0.2) is 0 Å². The lowest BCUT2D eigenvalue weighted by atomic mass is 10.2. The summed E-state index contributed by atoms with van der Waals surface area (Å²) in [6, 6.07) is 3.66. The summed E-state index contributed by atoms with van der Waals surface area (Å²) in [6.07, 6.45) is 3.19. The fourth-order valence-electron chi connectivity index (χ4n) is 1.52. The van der Waals surface area contributed by atoms with Crippen LogP contribution >= 0.6 is 15.9 Å². The fourth-order valence-corrected chi connectivity index (χ4v) is 1.89. The first-order chi connectivity index (χ1) is 9.22. The molecule has 0 spiro atoms. The molecule has 100 valence electrons. The van der Waals surface area contributed by atoms with Crippen LogP contribution in [0.4, 0.5) is 0 Å². The van der Waals surface area contributed by atoms with E-state index in [9.17, 15) is 4.79 Å². The molecule has 0 unspecified atom stereocenters. The molecule has 0 bridgehead atoms. The maximum atomic E-state index is 11.9. The van der Waals surface area contributed by atoms with Crippen LogP contribution in [0.1, 0.15) is 23.0 Å². The van der Waals surface area contributed by atoms with Gasteiger partial charge in [0.25, 0.3) is 5.91 Å². The average molecular weight is 325 g/mol. The van der Waals surface area contributed by atoms with E-state index in [1.165, 1.54) is 6.20 Å². The van der Waals surface area contributed by atoms with Crippen LogP contribution in [-0.2, 0) is 6.54 Å². The Morgan fingerprint density at radius 3 is 3.11 bits per heavy atom. The summed E-state index contributed by atoms with van der Waals surface area (Å²) in [5, 5.41) is 9.18. The van der Waals surface area contributed by atoms with E-state index in [0.717, 1.165) is 5.56 Å². The molecule has 7 heteroatoms. The number of aromatic amines is 1. The second-order valence-electron chi connectivity index (χ2n) is 3.68. The highest BCUT2D eigenvalue weighted by Crippen LogP contribution is 2.15. The molecule has 19 heavy (non-hydrogen) atoms. The molecule has 0 saturated heterocycles. The van der Waals surface area contributed by atoms with Crippen molar-refractivity contribution in [2.75, 3.05) is 6.61 Å². The Bertz CT molecular complexity index is 570. The molecule has 6 nitrogen and oxygen atoms in total. The molecule has 0 atom stereocenters. The topological polar surface area (TPSA) is 79.9 Å². The minimum Gasteiger partial charge on any atom is -0.478 e. The quantitative estimate of drug-likeness (QED) is 0.880. The predicted molar refractivity (Wildman–Crippen MR) is 72.9 cm³/mol. The first-order valence-corrected chi connectivity index (χ1v) is 6.55. The maximum absolute atomic E-state index is 11.9. The number of hydrogen-bond donors (Lipinski definition) is 2. The van der Waals surface area contributed by atoms with Gasteiger partial charge < -0.3 is 10.1 Å². The van der Waals surface area contributed by atoms with Crippen LogP contribution < -0.4 is 10.1 Å². The molecule has 0 saturated carbocycles. The minimum atomic E-state index is -0.240. The van der Waals surface area contributed by atoms with E-state index < -0.39 is 0 Å². The fraction of sp³-hybridized carbons (Fsp3) is 0.250. The second-order valence-corrected chi connectivity index (χ2v) is 4.53. The lowest BCUT2D eigenvalue weighted by Gasteiger charge is -2.09. The number of pyridine rings is 1. The average Bonchev–Trinajstić information content (AvgIpc) is 2.84. The van der Waals surface area contributed by atoms with Gasteiger partial charge in [0.1, 0.15) is 5.69 Å². The Hall–Kier alpha value is -1.89. The summed E-state index contributed by atoms with van der Waals surface area (Å²) in [4.78, 5) is 16.0. The lowest BCUT2D eigenvalue weighted by molar-refractivity contribution is 0.0945. The summed E-state index contributed by atoms with van der Waals surface area (Å²) in [5.41, 5.74) is 1.22. The number of halogens is 1. The molecule has 0 aliphatic carbocycles. The maximum Gasteiger partial charge on any atom is 0.270 e. The van der Waals surface area contributed by atoms with Crippen molar-refractivity contribution in [3.05, 3.63) is 40.3 Å². The summed E-state index contributed by atoms with van der Waals surface area (Å²) in [5.74, 6) is 0.296. The normalized spacial score (nSPS) is 10.2. The van der Waals surface area contributed by atoms with Crippen molar-refractivity contribution < 1.29 is 9.53 Å². The molecule has 0 aliphatic rings. The van der Waals surface area contributed by atoms with Gasteiger partial charge in [0.05, 0.1) is 17.3 Å².